The van der Waals surface area contributed by atoms with Crippen LogP contribution in [0.3, 0.4) is 0 Å². The van der Waals surface area contributed by atoms with Crippen LogP contribution in [0.1, 0.15) is 50.8 Å². The predicted molar refractivity (Wildman–Crippen MR) is 164 cm³/mol. The molecule has 17 heteroatoms. The minimum absolute atomic E-state index is 0. The van der Waals surface area contributed by atoms with E-state index in [2.05, 4.69) is 18.2 Å². The molecule has 10 N–H and O–H groups in total. The van der Waals surface area contributed by atoms with Gasteiger partial charge in [0.05, 0.1) is 16.9 Å². The molecule has 0 aliphatic carbocycles. The quantitative estimate of drug-likeness (QED) is 0.270. The Labute approximate surface area is 247 Å². The van der Waals surface area contributed by atoms with Gasteiger partial charge in [-0.05, 0) is 64.3 Å². The van der Waals surface area contributed by atoms with Gasteiger partial charge in [-0.2, -0.15) is 16.8 Å². The third-order valence-electron chi connectivity index (χ3n) is 5.24. The standard InChI is InChI=1S/C12H18N4O2S.C11H16N4O3S.2ClH/c1-12(2,14)7-6-8-4-3-5-9-10(8)11(13)16-19(17,18)15-9;1-11(2,13)6-18-8-5-3-4-7-9(8)10(12)15-19(16,17)14-7;;/h3-5,15H,6-7,14H2,1-2H3,(H2,13,16);3-5,14H,6,13H2,1-2H3,(H2,12,15);2*1H. The van der Waals surface area contributed by atoms with E-state index < -0.39 is 26.0 Å². The summed E-state index contributed by atoms with van der Waals surface area (Å²) in [6, 6.07) is 10.3. The number of fused-ring (bicyclic) bond motifs is 2. The molecule has 224 valence electrons. The van der Waals surface area contributed by atoms with E-state index in [-0.39, 0.29) is 48.6 Å². The molecule has 0 atom stereocenters. The average Bonchev–Trinajstić information content (AvgIpc) is 2.73. The number of hydrogen-bond donors (Lipinski definition) is 6. The van der Waals surface area contributed by atoms with E-state index in [9.17, 15) is 16.8 Å². The van der Waals surface area contributed by atoms with E-state index in [0.717, 1.165) is 12.0 Å². The van der Waals surface area contributed by atoms with Crippen molar-refractivity contribution in [2.75, 3.05) is 16.1 Å². The molecule has 0 aromatic heterocycles. The van der Waals surface area contributed by atoms with Crippen molar-refractivity contribution < 1.29 is 21.6 Å². The highest BCUT2D eigenvalue weighted by Gasteiger charge is 2.26. The Morgan fingerprint density at radius 3 is 1.75 bits per heavy atom. The second-order valence-electron chi connectivity index (χ2n) is 10.4. The molecule has 0 saturated heterocycles. The van der Waals surface area contributed by atoms with Gasteiger partial charge >= 0.3 is 20.4 Å². The lowest BCUT2D eigenvalue weighted by Gasteiger charge is -2.23. The van der Waals surface area contributed by atoms with E-state index in [1.54, 1.807) is 30.3 Å². The Morgan fingerprint density at radius 1 is 0.775 bits per heavy atom. The maximum Gasteiger partial charge on any atom is 0.344 e. The number of nitrogens with one attached hydrogen (secondary N) is 2. The van der Waals surface area contributed by atoms with Gasteiger partial charge in [0.25, 0.3) is 0 Å². The summed E-state index contributed by atoms with van der Waals surface area (Å²) in [7, 11) is -7.49. The van der Waals surface area contributed by atoms with Crippen LogP contribution in [0.15, 0.2) is 45.2 Å². The predicted octanol–water partition coefficient (Wildman–Crippen LogP) is 1.75. The summed E-state index contributed by atoms with van der Waals surface area (Å²) in [6.07, 6.45) is 1.48. The van der Waals surface area contributed by atoms with Crippen molar-refractivity contribution in [2.24, 2.45) is 31.7 Å². The van der Waals surface area contributed by atoms with Crippen molar-refractivity contribution in [2.45, 2.75) is 51.6 Å². The minimum Gasteiger partial charge on any atom is -0.491 e. The maximum atomic E-state index is 11.5. The number of nitrogens with two attached hydrogens (primary N) is 4. The molecule has 40 heavy (non-hydrogen) atoms. The monoisotopic (exact) mass is 638 g/mol. The molecule has 0 saturated carbocycles. The van der Waals surface area contributed by atoms with E-state index in [1.165, 1.54) is 0 Å². The van der Waals surface area contributed by atoms with Gasteiger partial charge < -0.3 is 27.7 Å². The first kappa shape index (κ1) is 35.2. The van der Waals surface area contributed by atoms with Crippen LogP contribution in [0.25, 0.3) is 0 Å². The molecule has 0 spiro atoms. The van der Waals surface area contributed by atoms with Crippen molar-refractivity contribution in [1.82, 2.24) is 0 Å². The van der Waals surface area contributed by atoms with Crippen LogP contribution in [0.2, 0.25) is 0 Å². The molecule has 0 bridgehead atoms. The van der Waals surface area contributed by atoms with Gasteiger partial charge in [0, 0.05) is 16.6 Å². The summed E-state index contributed by atoms with van der Waals surface area (Å²) >= 11 is 0. The third kappa shape index (κ3) is 9.67. The van der Waals surface area contributed by atoms with E-state index in [0.29, 0.717) is 34.7 Å². The first-order valence-corrected chi connectivity index (χ1v) is 14.5. The molecule has 2 aliphatic heterocycles. The molecule has 0 radical (unpaired) electrons. The van der Waals surface area contributed by atoms with Crippen molar-refractivity contribution >= 4 is 68.3 Å². The van der Waals surface area contributed by atoms with Crippen molar-refractivity contribution in [3.05, 3.63) is 53.1 Å². The number of nitrogens with zero attached hydrogens (tertiary/aromatic N) is 2. The first-order valence-electron chi connectivity index (χ1n) is 11.6. The molecule has 2 aromatic carbocycles. The first-order chi connectivity index (χ1) is 17.4. The van der Waals surface area contributed by atoms with Crippen LogP contribution in [0, 0.1) is 0 Å². The third-order valence-corrected chi connectivity index (χ3v) is 7.07. The van der Waals surface area contributed by atoms with Crippen molar-refractivity contribution in [3.63, 3.8) is 0 Å². The fourth-order valence-corrected chi connectivity index (χ4v) is 5.28. The van der Waals surface area contributed by atoms with Crippen molar-refractivity contribution in [3.8, 4) is 5.75 Å². The van der Waals surface area contributed by atoms with Crippen LogP contribution in [-0.4, -0.2) is 46.2 Å². The lowest BCUT2D eigenvalue weighted by molar-refractivity contribution is 0.243. The average molecular weight is 640 g/mol. The smallest absolute Gasteiger partial charge is 0.344 e. The summed E-state index contributed by atoms with van der Waals surface area (Å²) in [5, 5.41) is 0. The number of amidine groups is 2. The Kier molecular flexibility index (Phi) is 11.3. The highest BCUT2D eigenvalue weighted by Crippen LogP contribution is 2.31. The summed E-state index contributed by atoms with van der Waals surface area (Å²) in [4.78, 5) is 0. The van der Waals surface area contributed by atoms with Crippen LogP contribution in [0.5, 0.6) is 5.75 Å². The number of rotatable bonds is 6. The van der Waals surface area contributed by atoms with Gasteiger partial charge in [-0.15, -0.1) is 33.6 Å². The van der Waals surface area contributed by atoms with Crippen molar-refractivity contribution in [1.29, 1.82) is 0 Å². The van der Waals surface area contributed by atoms with E-state index >= 15 is 0 Å². The molecular weight excluding hydrogens is 603 g/mol. The van der Waals surface area contributed by atoms with E-state index in [4.69, 9.17) is 27.7 Å². The number of anilines is 2. The minimum atomic E-state index is -3.77. The summed E-state index contributed by atoms with van der Waals surface area (Å²) in [5.41, 5.74) is 25.3. The zero-order valence-corrected chi connectivity index (χ0v) is 25.7. The lowest BCUT2D eigenvalue weighted by Crippen LogP contribution is -2.39. The Balaban J connectivity index is 0.000000381. The van der Waals surface area contributed by atoms with Gasteiger partial charge in [0.2, 0.25) is 0 Å². The molecular formula is C23H36Cl2N8O5S2. The second kappa shape index (κ2) is 12.8. The number of benzene rings is 2. The normalized spacial score (nSPS) is 16.4. The fourth-order valence-electron chi connectivity index (χ4n) is 3.59. The Bertz CT molecular complexity index is 1390. The largest absolute Gasteiger partial charge is 0.491 e. The van der Waals surface area contributed by atoms with Gasteiger partial charge in [0.15, 0.2) is 5.84 Å². The molecule has 0 unspecified atom stereocenters. The van der Waals surface area contributed by atoms with Crippen LogP contribution < -0.4 is 37.1 Å². The second-order valence-corrected chi connectivity index (χ2v) is 13.1. The van der Waals surface area contributed by atoms with Gasteiger partial charge in [-0.1, -0.05) is 18.2 Å². The highest BCUT2D eigenvalue weighted by molar-refractivity contribution is 7.92. The zero-order valence-electron chi connectivity index (χ0n) is 22.5. The number of ether oxygens (including phenoxy) is 1. The SMILES string of the molecule is CC(C)(N)CCc1cccc2c1C(N)=NS(=O)(=O)N2.CC(C)(N)COc1cccc2c1C(N)=NS(=O)(=O)N2.Cl.Cl. The summed E-state index contributed by atoms with van der Waals surface area (Å²) < 4.78 is 62.9. The number of halogens is 2. The molecule has 0 amide bonds. The maximum absolute atomic E-state index is 11.5. The molecule has 2 heterocycles. The lowest BCUT2D eigenvalue weighted by atomic mass is 9.93. The zero-order chi connectivity index (χ0) is 28.5. The van der Waals surface area contributed by atoms with Gasteiger partial charge in [-0.25, -0.2) is 0 Å². The summed E-state index contributed by atoms with van der Waals surface area (Å²) in [5.74, 6) is 0.373. The van der Waals surface area contributed by atoms with E-state index in [1.807, 2.05) is 33.8 Å². The Morgan fingerprint density at radius 2 is 1.25 bits per heavy atom. The summed E-state index contributed by atoms with van der Waals surface area (Å²) in [6.45, 7) is 7.81. The van der Waals surface area contributed by atoms with Crippen LogP contribution in [0.4, 0.5) is 11.4 Å². The molecule has 13 nitrogen and oxygen atoms in total. The number of aryl methyl sites for hydroxylation is 1. The van der Waals surface area contributed by atoms with Crippen LogP contribution >= 0.6 is 24.8 Å². The molecule has 2 aromatic rings. The molecule has 4 rings (SSSR count). The van der Waals surface area contributed by atoms with Crippen LogP contribution in [-0.2, 0) is 26.8 Å². The fraction of sp³-hybridized carbons (Fsp3) is 0.391. The highest BCUT2D eigenvalue weighted by atomic mass is 35.5. The van der Waals surface area contributed by atoms with Gasteiger partial charge in [0.1, 0.15) is 18.2 Å². The van der Waals surface area contributed by atoms with Gasteiger partial charge in [-0.3, -0.25) is 9.44 Å². The molecule has 2 aliphatic rings. The topological polar surface area (TPSA) is 230 Å². The number of hydrogen-bond acceptors (Lipinski definition) is 9. The Hall–Kier alpha value is -2.82. The molecule has 0 fully saturated rings.